The zero-order valence-corrected chi connectivity index (χ0v) is 13.3. The number of amides is 1. The summed E-state index contributed by atoms with van der Waals surface area (Å²) < 4.78 is 0. The van der Waals surface area contributed by atoms with E-state index in [1.165, 1.54) is 18.9 Å². The van der Waals surface area contributed by atoms with E-state index in [1.54, 1.807) is 12.2 Å². The molecule has 1 fully saturated rings. The summed E-state index contributed by atoms with van der Waals surface area (Å²) in [6.07, 6.45) is 10.4. The summed E-state index contributed by atoms with van der Waals surface area (Å²) in [5, 5.41) is 3.76. The predicted molar refractivity (Wildman–Crippen MR) is 86.9 cm³/mol. The zero-order chi connectivity index (χ0) is 15.0. The summed E-state index contributed by atoms with van der Waals surface area (Å²) in [5.74, 6) is 1.08. The fraction of sp³-hybridized carbons (Fsp3) is 0.600. The lowest BCUT2D eigenvalue weighted by Crippen LogP contribution is -2.52. The number of hydrazine groups is 1. The van der Waals surface area contributed by atoms with Crippen LogP contribution in [0.5, 0.6) is 0 Å². The van der Waals surface area contributed by atoms with Crippen LogP contribution in [0.4, 0.5) is 0 Å². The van der Waals surface area contributed by atoms with E-state index < -0.39 is 0 Å². The monoisotopic (exact) mass is 295 g/mol. The Bertz CT molecular complexity index is 393. The second-order valence-electron chi connectivity index (χ2n) is 5.35. The Labute approximate surface area is 127 Å². The molecule has 4 nitrogen and oxygen atoms in total. The Morgan fingerprint density at radius 1 is 1.20 bits per heavy atom. The molecule has 0 aliphatic heterocycles. The summed E-state index contributed by atoms with van der Waals surface area (Å²) in [6, 6.07) is 0.384. The van der Waals surface area contributed by atoms with Crippen molar-refractivity contribution in [3.05, 3.63) is 24.3 Å². The normalized spacial score (nSPS) is 26.6. The van der Waals surface area contributed by atoms with Crippen molar-refractivity contribution < 1.29 is 4.79 Å². The first-order valence-electron chi connectivity index (χ1n) is 7.20. The molecule has 0 saturated heterocycles. The lowest BCUT2D eigenvalue weighted by atomic mass is 9.78. The fourth-order valence-electron chi connectivity index (χ4n) is 2.40. The van der Waals surface area contributed by atoms with Crippen LogP contribution in [0.1, 0.15) is 40.0 Å². The van der Waals surface area contributed by atoms with Crippen molar-refractivity contribution in [2.45, 2.75) is 46.1 Å². The molecule has 0 spiro atoms. The molecule has 0 bridgehead atoms. The van der Waals surface area contributed by atoms with Crippen LogP contribution in [0.25, 0.3) is 0 Å². The minimum Gasteiger partial charge on any atom is -0.358 e. The average molecular weight is 295 g/mol. The van der Waals surface area contributed by atoms with Gasteiger partial charge in [0.15, 0.2) is 5.11 Å². The maximum Gasteiger partial charge on any atom is 0.262 e. The van der Waals surface area contributed by atoms with Gasteiger partial charge in [-0.2, -0.15) is 0 Å². The van der Waals surface area contributed by atoms with Crippen molar-refractivity contribution >= 4 is 23.2 Å². The zero-order valence-electron chi connectivity index (χ0n) is 12.5. The summed E-state index contributed by atoms with van der Waals surface area (Å²) in [4.78, 5) is 11.4. The van der Waals surface area contributed by atoms with E-state index in [2.05, 4.69) is 30.0 Å². The number of carbonyl (C=O) groups is 1. The Morgan fingerprint density at radius 3 is 2.65 bits per heavy atom. The van der Waals surface area contributed by atoms with Gasteiger partial charge in [0.2, 0.25) is 0 Å². The van der Waals surface area contributed by atoms with Gasteiger partial charge < -0.3 is 5.32 Å². The highest BCUT2D eigenvalue weighted by Gasteiger charge is 2.27. The number of nitrogens with one attached hydrogen (secondary N) is 3. The lowest BCUT2D eigenvalue weighted by Gasteiger charge is -2.35. The molecule has 1 rings (SSSR count). The second-order valence-corrected chi connectivity index (χ2v) is 5.75. The molecule has 0 unspecified atom stereocenters. The number of rotatable bonds is 3. The molecule has 0 aromatic carbocycles. The molecule has 1 aliphatic rings. The number of hydrogen-bond donors (Lipinski definition) is 3. The van der Waals surface area contributed by atoms with Crippen LogP contribution in [-0.2, 0) is 4.79 Å². The number of hydrogen-bond acceptors (Lipinski definition) is 2. The van der Waals surface area contributed by atoms with Crippen LogP contribution in [0.2, 0.25) is 0 Å². The highest BCUT2D eigenvalue weighted by Crippen LogP contribution is 2.29. The molecule has 0 heterocycles. The molecule has 1 aliphatic carbocycles. The van der Waals surface area contributed by atoms with E-state index in [0.29, 0.717) is 23.0 Å². The fourth-order valence-corrected chi connectivity index (χ4v) is 2.61. The topological polar surface area (TPSA) is 53.2 Å². The Hall–Kier alpha value is -1.36. The van der Waals surface area contributed by atoms with E-state index >= 15 is 0 Å². The van der Waals surface area contributed by atoms with Gasteiger partial charge in [-0.25, -0.2) is 0 Å². The third kappa shape index (κ3) is 5.74. The van der Waals surface area contributed by atoms with Gasteiger partial charge in [-0.3, -0.25) is 15.6 Å². The smallest absolute Gasteiger partial charge is 0.262 e. The highest BCUT2D eigenvalue weighted by molar-refractivity contribution is 7.80. The number of allylic oxidation sites excluding steroid dienone is 3. The molecule has 1 saturated carbocycles. The largest absolute Gasteiger partial charge is 0.358 e. The van der Waals surface area contributed by atoms with Crippen LogP contribution in [0.15, 0.2) is 24.3 Å². The first kappa shape index (κ1) is 16.7. The van der Waals surface area contributed by atoms with E-state index in [0.717, 1.165) is 6.42 Å². The van der Waals surface area contributed by atoms with Crippen LogP contribution in [0.3, 0.4) is 0 Å². The van der Waals surface area contributed by atoms with Gasteiger partial charge in [-0.15, -0.1) is 0 Å². The second kappa shape index (κ2) is 8.74. The molecule has 0 radical (unpaired) electrons. The van der Waals surface area contributed by atoms with Gasteiger partial charge in [-0.05, 0) is 37.4 Å². The van der Waals surface area contributed by atoms with Gasteiger partial charge >= 0.3 is 0 Å². The van der Waals surface area contributed by atoms with E-state index in [9.17, 15) is 4.79 Å². The summed E-state index contributed by atoms with van der Waals surface area (Å²) in [5.41, 5.74) is 5.28. The Morgan fingerprint density at radius 2 is 1.95 bits per heavy atom. The van der Waals surface area contributed by atoms with E-state index in [-0.39, 0.29) is 5.91 Å². The van der Waals surface area contributed by atoms with Gasteiger partial charge in [0.1, 0.15) is 0 Å². The third-order valence-electron chi connectivity index (χ3n) is 3.87. The van der Waals surface area contributed by atoms with Crippen molar-refractivity contribution in [2.75, 3.05) is 0 Å². The summed E-state index contributed by atoms with van der Waals surface area (Å²) >= 11 is 5.21. The van der Waals surface area contributed by atoms with Crippen molar-refractivity contribution in [1.82, 2.24) is 16.2 Å². The van der Waals surface area contributed by atoms with Crippen LogP contribution in [0, 0.1) is 11.8 Å². The average Bonchev–Trinajstić information content (AvgIpc) is 2.42. The number of carbonyl (C=O) groups excluding carboxylic acids is 1. The first-order valence-corrected chi connectivity index (χ1v) is 7.61. The van der Waals surface area contributed by atoms with Crippen LogP contribution < -0.4 is 16.2 Å². The van der Waals surface area contributed by atoms with Gasteiger partial charge in [-0.1, -0.05) is 44.9 Å². The quantitative estimate of drug-likeness (QED) is 0.324. The third-order valence-corrected chi connectivity index (χ3v) is 4.09. The SMILES string of the molecule is C/C=C/C=C/C(=O)NNC(=S)N[C@@H]1CCC[C@@H](C)[C@@H]1C. The molecule has 112 valence electrons. The molecule has 5 heteroatoms. The summed E-state index contributed by atoms with van der Waals surface area (Å²) in [6.45, 7) is 6.43. The molecule has 20 heavy (non-hydrogen) atoms. The van der Waals surface area contributed by atoms with Gasteiger partial charge in [0.25, 0.3) is 5.91 Å². The van der Waals surface area contributed by atoms with Crippen LogP contribution >= 0.6 is 12.2 Å². The van der Waals surface area contributed by atoms with Crippen molar-refractivity contribution in [3.63, 3.8) is 0 Å². The maximum absolute atomic E-state index is 11.4. The van der Waals surface area contributed by atoms with Gasteiger partial charge in [0.05, 0.1) is 0 Å². The summed E-state index contributed by atoms with van der Waals surface area (Å²) in [7, 11) is 0. The molecular weight excluding hydrogens is 270 g/mol. The molecule has 1 amide bonds. The Balaban J connectivity index is 2.31. The van der Waals surface area contributed by atoms with Gasteiger partial charge in [0, 0.05) is 12.1 Å². The standard InChI is InChI=1S/C15H25N3OS/c1-4-5-6-10-14(19)17-18-15(20)16-13-9-7-8-11(2)12(13)3/h4-6,10-13H,7-9H2,1-3H3,(H,17,19)(H2,16,18,20)/b5-4+,10-6+/t11-,12+,13-/m1/s1. The molecular formula is C15H25N3OS. The Kier molecular flexibility index (Phi) is 7.30. The number of thiocarbonyl (C=S) groups is 1. The van der Waals surface area contributed by atoms with Crippen molar-refractivity contribution in [2.24, 2.45) is 11.8 Å². The minimum atomic E-state index is -0.225. The lowest BCUT2D eigenvalue weighted by molar-refractivity contribution is -0.117. The van der Waals surface area contributed by atoms with Crippen LogP contribution in [-0.4, -0.2) is 17.1 Å². The van der Waals surface area contributed by atoms with E-state index in [1.807, 2.05) is 13.0 Å². The molecule has 3 atom stereocenters. The van der Waals surface area contributed by atoms with E-state index in [4.69, 9.17) is 12.2 Å². The molecule has 0 aromatic heterocycles. The molecule has 3 N–H and O–H groups in total. The molecule has 0 aromatic rings. The predicted octanol–water partition coefficient (Wildman–Crippen LogP) is 2.44. The van der Waals surface area contributed by atoms with Crippen molar-refractivity contribution in [3.8, 4) is 0 Å². The first-order chi connectivity index (χ1) is 9.54. The highest BCUT2D eigenvalue weighted by atomic mass is 32.1. The maximum atomic E-state index is 11.4. The van der Waals surface area contributed by atoms with Crippen molar-refractivity contribution in [1.29, 1.82) is 0 Å². The minimum absolute atomic E-state index is 0.225.